The number of pyridine rings is 2. The number of rotatable bonds is 4. The number of carbonyl (C=O) groups excluding carboxylic acids is 1. The number of hydrogen-bond donors (Lipinski definition) is 1. The molecule has 3 heterocycles. The Morgan fingerprint density at radius 3 is 2.73 bits per heavy atom. The topological polar surface area (TPSA) is 84.4 Å². The number of halogens is 1. The highest BCUT2D eigenvalue weighted by Crippen LogP contribution is 2.33. The van der Waals surface area contributed by atoms with Gasteiger partial charge in [-0.2, -0.15) is 0 Å². The van der Waals surface area contributed by atoms with Gasteiger partial charge in [-0.15, -0.1) is 0 Å². The summed E-state index contributed by atoms with van der Waals surface area (Å²) in [6.45, 7) is 1.07. The van der Waals surface area contributed by atoms with Crippen molar-refractivity contribution in [2.45, 2.75) is 0 Å². The van der Waals surface area contributed by atoms with Gasteiger partial charge in [-0.3, -0.25) is 19.1 Å². The van der Waals surface area contributed by atoms with Gasteiger partial charge in [0.05, 0.1) is 23.9 Å². The van der Waals surface area contributed by atoms with Gasteiger partial charge in [0.1, 0.15) is 16.9 Å². The van der Waals surface area contributed by atoms with E-state index in [0.29, 0.717) is 40.7 Å². The van der Waals surface area contributed by atoms with E-state index < -0.39 is 11.0 Å². The van der Waals surface area contributed by atoms with Crippen LogP contribution in [0.5, 0.6) is 0 Å². The summed E-state index contributed by atoms with van der Waals surface area (Å²) in [6, 6.07) is 16.1. The maximum absolute atomic E-state index is 12.8. The molecule has 2 aromatic carbocycles. The second kappa shape index (κ2) is 9.27. The lowest BCUT2D eigenvalue weighted by molar-refractivity contribution is 0.102. The van der Waals surface area contributed by atoms with Gasteiger partial charge in [-0.25, -0.2) is 4.21 Å². The lowest BCUT2D eigenvalue weighted by Crippen LogP contribution is -2.36. The Hall–Kier alpha value is -3.33. The minimum absolute atomic E-state index is 0.183. The molecule has 1 fully saturated rings. The van der Waals surface area contributed by atoms with Crippen LogP contribution in [0.1, 0.15) is 10.4 Å². The molecule has 0 spiro atoms. The molecule has 1 aliphatic rings. The van der Waals surface area contributed by atoms with Gasteiger partial charge in [-0.05, 0) is 60.0 Å². The van der Waals surface area contributed by atoms with Gasteiger partial charge in [0.25, 0.3) is 5.91 Å². The molecule has 1 N–H and O–H groups in total. The van der Waals surface area contributed by atoms with Crippen LogP contribution < -0.4 is 9.62 Å². The summed E-state index contributed by atoms with van der Waals surface area (Å²) in [5.41, 5.74) is 3.28. The maximum Gasteiger partial charge on any atom is 0.255 e. The molecule has 9 heteroatoms. The van der Waals surface area contributed by atoms with Crippen molar-refractivity contribution in [2.24, 2.45) is 0 Å². The van der Waals surface area contributed by atoms with Crippen molar-refractivity contribution >= 4 is 50.6 Å². The Balaban J connectivity index is 1.39. The maximum atomic E-state index is 12.8. The van der Waals surface area contributed by atoms with E-state index in [1.165, 1.54) is 0 Å². The Kier molecular flexibility index (Phi) is 6.04. The van der Waals surface area contributed by atoms with E-state index in [4.69, 9.17) is 16.3 Å². The summed E-state index contributed by atoms with van der Waals surface area (Å²) >= 11 is 6.48. The fraction of sp³-hybridized carbons (Fsp3) is 0.125. The van der Waals surface area contributed by atoms with Crippen molar-refractivity contribution in [1.82, 2.24) is 9.97 Å². The molecular formula is C24H19ClN4O3S. The number of amides is 1. The van der Waals surface area contributed by atoms with Crippen molar-refractivity contribution in [3.63, 3.8) is 0 Å². The number of nitrogens with one attached hydrogen (secondary N) is 1. The molecule has 7 nitrogen and oxygen atoms in total. The average Bonchev–Trinajstić information content (AvgIpc) is 2.85. The Morgan fingerprint density at radius 2 is 1.91 bits per heavy atom. The molecule has 0 aliphatic carbocycles. The lowest BCUT2D eigenvalue weighted by Gasteiger charge is -2.27. The number of fused-ring (bicyclic) bond motifs is 1. The molecule has 5 rings (SSSR count). The predicted octanol–water partition coefficient (Wildman–Crippen LogP) is 4.66. The Morgan fingerprint density at radius 1 is 1.09 bits per heavy atom. The van der Waals surface area contributed by atoms with Crippen LogP contribution in [0.4, 0.5) is 11.4 Å². The highest BCUT2D eigenvalue weighted by Gasteiger charge is 2.19. The minimum atomic E-state index is -1.22. The largest absolute Gasteiger partial charge is 0.364 e. The van der Waals surface area contributed by atoms with Crippen LogP contribution in [0.2, 0.25) is 5.02 Å². The van der Waals surface area contributed by atoms with Gasteiger partial charge >= 0.3 is 0 Å². The van der Waals surface area contributed by atoms with Crippen LogP contribution >= 0.6 is 11.6 Å². The van der Waals surface area contributed by atoms with E-state index in [-0.39, 0.29) is 11.8 Å². The fourth-order valence-electron chi connectivity index (χ4n) is 3.68. The summed E-state index contributed by atoms with van der Waals surface area (Å²) in [5.74, 6) is -0.0755. The van der Waals surface area contributed by atoms with Gasteiger partial charge in [0, 0.05) is 46.5 Å². The summed E-state index contributed by atoms with van der Waals surface area (Å²) in [6.07, 6.45) is 5.21. The van der Waals surface area contributed by atoms with E-state index in [2.05, 4.69) is 15.3 Å². The number of anilines is 2. The summed E-state index contributed by atoms with van der Waals surface area (Å²) in [5, 5.41) is 5.32. The molecule has 1 atom stereocenters. The smallest absolute Gasteiger partial charge is 0.255 e. The molecule has 0 radical (unpaired) electrons. The molecule has 33 heavy (non-hydrogen) atoms. The Labute approximate surface area is 198 Å². The van der Waals surface area contributed by atoms with E-state index in [0.717, 1.165) is 16.5 Å². The van der Waals surface area contributed by atoms with E-state index in [1.54, 1.807) is 65.4 Å². The highest BCUT2D eigenvalue weighted by atomic mass is 35.5. The third-order valence-corrected chi connectivity index (χ3v) is 6.92. The number of hydrogen-bond acceptors (Lipinski definition) is 5. The molecule has 1 aliphatic heterocycles. The molecule has 4 aromatic rings. The van der Waals surface area contributed by atoms with Gasteiger partial charge in [0.2, 0.25) is 0 Å². The molecule has 1 unspecified atom stereocenters. The molecule has 0 bridgehead atoms. The average molecular weight is 479 g/mol. The van der Waals surface area contributed by atoms with E-state index in [9.17, 15) is 9.00 Å². The second-order valence-corrected chi connectivity index (χ2v) is 9.13. The minimum Gasteiger partial charge on any atom is -0.364 e. The van der Waals surface area contributed by atoms with Crippen LogP contribution in [0.25, 0.3) is 22.0 Å². The first kappa shape index (κ1) is 21.5. The quantitative estimate of drug-likeness (QED) is 0.461. The van der Waals surface area contributed by atoms with Crippen molar-refractivity contribution in [1.29, 1.82) is 0 Å². The first-order valence-corrected chi connectivity index (χ1v) is 11.9. The second-order valence-electron chi connectivity index (χ2n) is 7.40. The number of benzene rings is 2. The van der Waals surface area contributed by atoms with Gasteiger partial charge < -0.3 is 10.1 Å². The molecule has 1 amide bonds. The number of aromatic nitrogens is 2. The molecule has 166 valence electrons. The zero-order valence-corrected chi connectivity index (χ0v) is 19.0. The summed E-state index contributed by atoms with van der Waals surface area (Å²) in [4.78, 5) is 21.6. The van der Waals surface area contributed by atoms with Crippen LogP contribution in [0.3, 0.4) is 0 Å². The molecule has 1 saturated heterocycles. The van der Waals surface area contributed by atoms with E-state index in [1.807, 2.05) is 12.1 Å². The zero-order valence-electron chi connectivity index (χ0n) is 17.4. The third kappa shape index (κ3) is 4.45. The van der Waals surface area contributed by atoms with Crippen LogP contribution in [0.15, 0.2) is 73.2 Å². The van der Waals surface area contributed by atoms with Crippen molar-refractivity contribution in [2.75, 3.05) is 28.7 Å². The standard InChI is InChI=1S/C24H19ClN4O3S/c25-22-6-3-18(13-20(22)23-21-14-26-9-7-16(21)8-10-27-23)28-24(30)17-1-4-19(5-2-17)29-11-12-32-15-33(29)31/h1-10,13-14H,11-12,15H2,(H,28,30). The third-order valence-electron chi connectivity index (χ3n) is 5.33. The SMILES string of the molecule is O=C(Nc1ccc(Cl)c(-c2nccc3ccncc23)c1)c1ccc(N2CCOCS2=O)cc1. The van der Waals surface area contributed by atoms with E-state index >= 15 is 0 Å². The van der Waals surface area contributed by atoms with Crippen molar-refractivity contribution in [3.8, 4) is 11.3 Å². The van der Waals surface area contributed by atoms with Crippen molar-refractivity contribution < 1.29 is 13.7 Å². The van der Waals surface area contributed by atoms with Gasteiger partial charge in [-0.1, -0.05) is 11.6 Å². The number of ether oxygens (including phenoxy) is 1. The molecular weight excluding hydrogens is 460 g/mol. The zero-order chi connectivity index (χ0) is 22.8. The van der Waals surface area contributed by atoms with Crippen molar-refractivity contribution in [3.05, 3.63) is 83.8 Å². The Bertz CT molecular complexity index is 1360. The normalized spacial score (nSPS) is 16.0. The summed E-state index contributed by atoms with van der Waals surface area (Å²) < 4.78 is 19.1. The number of nitrogens with zero attached hydrogens (tertiary/aromatic N) is 3. The highest BCUT2D eigenvalue weighted by molar-refractivity contribution is 7.86. The first-order valence-electron chi connectivity index (χ1n) is 10.2. The summed E-state index contributed by atoms with van der Waals surface area (Å²) in [7, 11) is -1.22. The molecule has 2 aromatic heterocycles. The van der Waals surface area contributed by atoms with Crippen LogP contribution in [0, 0.1) is 0 Å². The monoisotopic (exact) mass is 478 g/mol. The molecule has 0 saturated carbocycles. The predicted molar refractivity (Wildman–Crippen MR) is 131 cm³/mol. The van der Waals surface area contributed by atoms with Crippen LogP contribution in [-0.2, 0) is 15.7 Å². The number of carbonyl (C=O) groups is 1. The van der Waals surface area contributed by atoms with Crippen LogP contribution in [-0.4, -0.2) is 39.2 Å². The lowest BCUT2D eigenvalue weighted by atomic mass is 10.0. The fourth-order valence-corrected chi connectivity index (χ4v) is 4.91. The van der Waals surface area contributed by atoms with Gasteiger partial charge in [0.15, 0.2) is 0 Å². The first-order chi connectivity index (χ1) is 16.1.